The first kappa shape index (κ1) is 9.19. The number of hydrogen-bond acceptors (Lipinski definition) is 3. The van der Waals surface area contributed by atoms with Crippen LogP contribution in [0.15, 0.2) is 11.1 Å². The zero-order chi connectivity index (χ0) is 9.64. The maximum Gasteiger partial charge on any atom is 0.164 e. The van der Waals surface area contributed by atoms with Crippen LogP contribution in [0.3, 0.4) is 0 Å². The summed E-state index contributed by atoms with van der Waals surface area (Å²) < 4.78 is 5.21. The van der Waals surface area contributed by atoms with Gasteiger partial charge in [0.05, 0.1) is 12.7 Å². The molecule has 0 aromatic rings. The lowest BCUT2D eigenvalue weighted by atomic mass is 9.71. The van der Waals surface area contributed by atoms with E-state index in [1.54, 1.807) is 0 Å². The molecule has 1 heterocycles. The molecule has 1 fully saturated rings. The summed E-state index contributed by atoms with van der Waals surface area (Å²) in [5.41, 5.74) is 1.84. The van der Waals surface area contributed by atoms with Crippen molar-refractivity contribution in [3.05, 3.63) is 11.1 Å². The molecule has 0 aromatic carbocycles. The maximum atomic E-state index is 9.65. The summed E-state index contributed by atoms with van der Waals surface area (Å²) in [4.78, 5) is 0. The van der Waals surface area contributed by atoms with E-state index in [1.165, 1.54) is 0 Å². The van der Waals surface area contributed by atoms with Gasteiger partial charge >= 0.3 is 0 Å². The zero-order valence-corrected chi connectivity index (χ0v) is 8.08. The van der Waals surface area contributed by atoms with Gasteiger partial charge in [0.25, 0.3) is 0 Å². The fourth-order valence-corrected chi connectivity index (χ4v) is 2.35. The summed E-state index contributed by atoms with van der Waals surface area (Å²) in [5, 5.41) is 19.3. The lowest BCUT2D eigenvalue weighted by molar-refractivity contribution is -0.115. The second kappa shape index (κ2) is 2.80. The minimum absolute atomic E-state index is 0.247. The predicted octanol–water partition coefficient (Wildman–Crippen LogP) is 0.812. The lowest BCUT2D eigenvalue weighted by Crippen LogP contribution is -2.35. The molecule has 2 aliphatic rings. The first-order chi connectivity index (χ1) is 6.05. The summed E-state index contributed by atoms with van der Waals surface area (Å²) in [6, 6.07) is 0. The Kier molecular flexibility index (Phi) is 1.98. The van der Waals surface area contributed by atoms with Gasteiger partial charge < -0.3 is 14.9 Å². The number of hydrogen-bond donors (Lipinski definition) is 2. The zero-order valence-electron chi connectivity index (χ0n) is 8.08. The molecule has 0 aromatic heterocycles. The Morgan fingerprint density at radius 1 is 1.46 bits per heavy atom. The molecule has 74 valence electrons. The molecule has 2 rings (SSSR count). The fraction of sp³-hybridized carbons (Fsp3) is 0.800. The van der Waals surface area contributed by atoms with Gasteiger partial charge in [-0.15, -0.1) is 0 Å². The fourth-order valence-electron chi connectivity index (χ4n) is 2.35. The predicted molar refractivity (Wildman–Crippen MR) is 48.0 cm³/mol. The van der Waals surface area contributed by atoms with Crippen molar-refractivity contribution in [2.45, 2.75) is 39.1 Å². The summed E-state index contributed by atoms with van der Waals surface area (Å²) in [6.45, 7) is 4.41. The average molecular weight is 184 g/mol. The van der Waals surface area contributed by atoms with Gasteiger partial charge in [-0.1, -0.05) is 6.92 Å². The van der Waals surface area contributed by atoms with E-state index < -0.39 is 6.29 Å². The highest BCUT2D eigenvalue weighted by Gasteiger charge is 2.46. The molecule has 3 heteroatoms. The van der Waals surface area contributed by atoms with E-state index in [9.17, 15) is 10.2 Å². The largest absolute Gasteiger partial charge is 0.389 e. The summed E-state index contributed by atoms with van der Waals surface area (Å²) >= 11 is 0. The van der Waals surface area contributed by atoms with Gasteiger partial charge in [0, 0.05) is 5.41 Å². The quantitative estimate of drug-likeness (QED) is 0.548. The molecule has 0 amide bonds. The second-order valence-corrected chi connectivity index (χ2v) is 4.30. The Hall–Kier alpha value is -0.380. The van der Waals surface area contributed by atoms with E-state index in [4.69, 9.17) is 4.74 Å². The highest BCUT2D eigenvalue weighted by Crippen LogP contribution is 2.47. The first-order valence-corrected chi connectivity index (χ1v) is 4.73. The Balaban J connectivity index is 2.42. The van der Waals surface area contributed by atoms with Crippen LogP contribution in [0.25, 0.3) is 0 Å². The number of aliphatic hydroxyl groups is 2. The molecule has 1 saturated heterocycles. The summed E-state index contributed by atoms with van der Waals surface area (Å²) in [7, 11) is 0. The molecule has 0 bridgehead atoms. The van der Waals surface area contributed by atoms with Gasteiger partial charge in [-0.05, 0) is 30.9 Å². The lowest BCUT2D eigenvalue weighted by Gasteiger charge is -2.35. The van der Waals surface area contributed by atoms with Crippen molar-refractivity contribution in [2.75, 3.05) is 6.61 Å². The van der Waals surface area contributed by atoms with E-state index >= 15 is 0 Å². The molecule has 0 saturated carbocycles. The second-order valence-electron chi connectivity index (χ2n) is 4.30. The van der Waals surface area contributed by atoms with Crippen molar-refractivity contribution in [1.82, 2.24) is 0 Å². The minimum atomic E-state index is -0.690. The molecule has 0 spiro atoms. The van der Waals surface area contributed by atoms with Crippen LogP contribution in [0.4, 0.5) is 0 Å². The van der Waals surface area contributed by atoms with Crippen LogP contribution in [0.2, 0.25) is 0 Å². The van der Waals surface area contributed by atoms with Gasteiger partial charge in [0.1, 0.15) is 0 Å². The van der Waals surface area contributed by atoms with Crippen molar-refractivity contribution >= 4 is 0 Å². The molecule has 2 N–H and O–H groups in total. The Bertz CT molecular complexity index is 259. The van der Waals surface area contributed by atoms with Crippen LogP contribution in [0.5, 0.6) is 0 Å². The third kappa shape index (κ3) is 1.15. The van der Waals surface area contributed by atoms with Gasteiger partial charge in [-0.25, -0.2) is 0 Å². The number of fused-ring (bicyclic) bond motifs is 1. The summed E-state index contributed by atoms with van der Waals surface area (Å²) in [6.07, 6.45) is 0.510. The molecular formula is C10H16O3. The van der Waals surface area contributed by atoms with Crippen LogP contribution in [0, 0.1) is 5.41 Å². The van der Waals surface area contributed by atoms with Crippen LogP contribution in [-0.4, -0.2) is 29.2 Å². The highest BCUT2D eigenvalue weighted by molar-refractivity contribution is 5.30. The Morgan fingerprint density at radius 3 is 2.85 bits per heavy atom. The van der Waals surface area contributed by atoms with E-state index in [0.717, 1.165) is 24.0 Å². The third-order valence-electron chi connectivity index (χ3n) is 3.53. The number of ether oxygens (including phenoxy) is 1. The van der Waals surface area contributed by atoms with E-state index in [-0.39, 0.29) is 11.5 Å². The van der Waals surface area contributed by atoms with Crippen LogP contribution >= 0.6 is 0 Å². The minimum Gasteiger partial charge on any atom is -0.389 e. The van der Waals surface area contributed by atoms with E-state index in [1.807, 2.05) is 13.8 Å². The van der Waals surface area contributed by atoms with Crippen molar-refractivity contribution < 1.29 is 14.9 Å². The molecule has 3 unspecified atom stereocenters. The number of aliphatic hydroxyl groups excluding tert-OH is 2. The highest BCUT2D eigenvalue weighted by atomic mass is 16.6. The Labute approximate surface area is 78.0 Å². The SMILES string of the molecule is CC1=C2COC(O)C2(C)CCC1O. The average Bonchev–Trinajstić information content (AvgIpc) is 2.39. The van der Waals surface area contributed by atoms with Crippen LogP contribution < -0.4 is 0 Å². The van der Waals surface area contributed by atoms with Crippen molar-refractivity contribution in [2.24, 2.45) is 5.41 Å². The van der Waals surface area contributed by atoms with Crippen molar-refractivity contribution in [3.8, 4) is 0 Å². The Morgan fingerprint density at radius 2 is 2.15 bits per heavy atom. The van der Waals surface area contributed by atoms with Gasteiger partial charge in [-0.2, -0.15) is 0 Å². The molecular weight excluding hydrogens is 168 g/mol. The normalized spacial score (nSPS) is 45.2. The number of rotatable bonds is 0. The standard InChI is InChI=1S/C10H16O3/c1-6-7-5-13-9(12)10(7,2)4-3-8(6)11/h8-9,11-12H,3-5H2,1-2H3. The van der Waals surface area contributed by atoms with Crippen molar-refractivity contribution in [1.29, 1.82) is 0 Å². The van der Waals surface area contributed by atoms with E-state index in [2.05, 4.69) is 0 Å². The molecule has 0 radical (unpaired) electrons. The first-order valence-electron chi connectivity index (χ1n) is 4.73. The van der Waals surface area contributed by atoms with Gasteiger partial charge in [0.2, 0.25) is 0 Å². The molecule has 13 heavy (non-hydrogen) atoms. The maximum absolute atomic E-state index is 9.65. The van der Waals surface area contributed by atoms with Crippen LogP contribution in [-0.2, 0) is 4.74 Å². The molecule has 1 aliphatic heterocycles. The van der Waals surface area contributed by atoms with Crippen molar-refractivity contribution in [3.63, 3.8) is 0 Å². The molecule has 1 aliphatic carbocycles. The third-order valence-corrected chi connectivity index (χ3v) is 3.53. The molecule has 3 atom stereocenters. The van der Waals surface area contributed by atoms with E-state index in [0.29, 0.717) is 6.61 Å². The smallest absolute Gasteiger partial charge is 0.164 e. The topological polar surface area (TPSA) is 49.7 Å². The molecule has 3 nitrogen and oxygen atoms in total. The monoisotopic (exact) mass is 184 g/mol. The van der Waals surface area contributed by atoms with Gasteiger partial charge in [0.15, 0.2) is 6.29 Å². The van der Waals surface area contributed by atoms with Crippen LogP contribution in [0.1, 0.15) is 26.7 Å². The van der Waals surface area contributed by atoms with Gasteiger partial charge in [-0.3, -0.25) is 0 Å². The summed E-state index contributed by atoms with van der Waals surface area (Å²) in [5.74, 6) is 0.